The molecule has 2 N–H and O–H groups in total. The molecule has 13 nitrogen and oxygen atoms in total. The Labute approximate surface area is 225 Å². The number of amides is 1. The van der Waals surface area contributed by atoms with Gasteiger partial charge in [0.1, 0.15) is 17.8 Å². The fraction of sp³-hybridized carbons (Fsp3) is 0.423. The molecule has 2 aliphatic heterocycles. The molecule has 3 aromatic heterocycles. The smallest absolute Gasteiger partial charge is 0.255 e. The highest BCUT2D eigenvalue weighted by atomic mass is 16.1. The number of allylic oxidation sites excluding steroid dienone is 1. The van der Waals surface area contributed by atoms with Crippen molar-refractivity contribution in [2.24, 2.45) is 0 Å². The molecular weight excluding hydrogens is 496 g/mol. The summed E-state index contributed by atoms with van der Waals surface area (Å²) in [6, 6.07) is 7.83. The highest BCUT2D eigenvalue weighted by Gasteiger charge is 2.32. The van der Waals surface area contributed by atoms with Crippen LogP contribution in [0.15, 0.2) is 41.9 Å². The van der Waals surface area contributed by atoms with Crippen LogP contribution in [-0.4, -0.2) is 90.4 Å². The number of rotatable bonds is 5. The molecule has 6 rings (SSSR count). The maximum atomic E-state index is 13.5. The van der Waals surface area contributed by atoms with Gasteiger partial charge in [-0.3, -0.25) is 14.8 Å². The molecular formula is C26H32N12O. The Hall–Kier alpha value is -4.39. The number of likely N-dealkylation sites (N-methyl/N-ethyl adjacent to an activating group) is 1. The molecule has 0 unspecified atom stereocenters. The molecule has 202 valence electrons. The number of nitrogens with zero attached hydrogens (tertiary/aromatic N) is 10. The van der Waals surface area contributed by atoms with Gasteiger partial charge in [-0.15, -0.1) is 0 Å². The Kier molecular flexibility index (Phi) is 6.22. The van der Waals surface area contributed by atoms with E-state index in [-0.39, 0.29) is 11.9 Å². The lowest BCUT2D eigenvalue weighted by Crippen LogP contribution is -2.52. The molecule has 2 atom stereocenters. The van der Waals surface area contributed by atoms with E-state index in [9.17, 15) is 4.79 Å². The van der Waals surface area contributed by atoms with E-state index in [4.69, 9.17) is 0 Å². The SMILES string of the molecule is CCN1CCN(c2cc(-c3n[nH]c4ccc(NC(=O)C5=C(C)N(C)c6nnnn6[C@H]5C)cc34)ncn2)C[C@@H]1C. The molecule has 39 heavy (non-hydrogen) atoms. The summed E-state index contributed by atoms with van der Waals surface area (Å²) in [6.07, 6.45) is 1.59. The van der Waals surface area contributed by atoms with Crippen molar-refractivity contribution < 1.29 is 4.79 Å². The maximum absolute atomic E-state index is 13.5. The summed E-state index contributed by atoms with van der Waals surface area (Å²) in [5, 5.41) is 23.5. The van der Waals surface area contributed by atoms with Crippen LogP contribution in [0.1, 0.15) is 33.7 Å². The molecule has 0 aliphatic carbocycles. The topological polar surface area (TPSA) is 137 Å². The molecule has 1 fully saturated rings. The van der Waals surface area contributed by atoms with Gasteiger partial charge in [0, 0.05) is 55.6 Å². The van der Waals surface area contributed by atoms with E-state index in [0.717, 1.165) is 54.3 Å². The van der Waals surface area contributed by atoms with Crippen LogP contribution < -0.4 is 15.1 Å². The molecule has 0 spiro atoms. The number of aromatic amines is 1. The number of carbonyl (C=O) groups excluding carboxylic acids is 1. The van der Waals surface area contributed by atoms with Gasteiger partial charge in [0.05, 0.1) is 22.8 Å². The molecule has 5 heterocycles. The lowest BCUT2D eigenvalue weighted by atomic mass is 10.0. The van der Waals surface area contributed by atoms with E-state index in [1.54, 1.807) is 11.0 Å². The van der Waals surface area contributed by atoms with E-state index < -0.39 is 0 Å². The molecule has 0 radical (unpaired) electrons. The van der Waals surface area contributed by atoms with Gasteiger partial charge in [0.2, 0.25) is 5.95 Å². The molecule has 4 aromatic rings. The Morgan fingerprint density at radius 3 is 2.82 bits per heavy atom. The zero-order valence-electron chi connectivity index (χ0n) is 22.8. The first kappa shape index (κ1) is 24.9. The number of tetrazole rings is 1. The molecule has 0 bridgehead atoms. The fourth-order valence-electron chi connectivity index (χ4n) is 5.58. The Morgan fingerprint density at radius 2 is 2.03 bits per heavy atom. The number of fused-ring (bicyclic) bond motifs is 2. The second kappa shape index (κ2) is 9.73. The lowest BCUT2D eigenvalue weighted by molar-refractivity contribution is -0.113. The maximum Gasteiger partial charge on any atom is 0.255 e. The van der Waals surface area contributed by atoms with Crippen molar-refractivity contribution in [2.75, 3.05) is 48.3 Å². The summed E-state index contributed by atoms with van der Waals surface area (Å²) in [6.45, 7) is 12.1. The number of carbonyl (C=O) groups is 1. The third-order valence-corrected chi connectivity index (χ3v) is 7.91. The first-order chi connectivity index (χ1) is 18.9. The van der Waals surface area contributed by atoms with Gasteiger partial charge in [-0.25, -0.2) is 14.6 Å². The highest BCUT2D eigenvalue weighted by Crippen LogP contribution is 2.33. The normalized spacial score (nSPS) is 20.0. The summed E-state index contributed by atoms with van der Waals surface area (Å²) in [4.78, 5) is 29.1. The Balaban J connectivity index is 1.27. The van der Waals surface area contributed by atoms with Crippen LogP contribution in [0.4, 0.5) is 17.5 Å². The van der Waals surface area contributed by atoms with Gasteiger partial charge in [-0.05, 0) is 55.9 Å². The summed E-state index contributed by atoms with van der Waals surface area (Å²) in [7, 11) is 1.85. The minimum atomic E-state index is -0.305. The lowest BCUT2D eigenvalue weighted by Gasteiger charge is -2.39. The summed E-state index contributed by atoms with van der Waals surface area (Å²) < 4.78 is 1.65. The van der Waals surface area contributed by atoms with Gasteiger partial charge >= 0.3 is 0 Å². The number of aromatic nitrogens is 8. The quantitative estimate of drug-likeness (QED) is 0.397. The van der Waals surface area contributed by atoms with Gasteiger partial charge in [0.25, 0.3) is 5.91 Å². The molecule has 1 aromatic carbocycles. The average Bonchev–Trinajstić information content (AvgIpc) is 3.60. The average molecular weight is 529 g/mol. The zero-order valence-corrected chi connectivity index (χ0v) is 22.8. The molecule has 1 saturated heterocycles. The van der Waals surface area contributed by atoms with Crippen LogP contribution in [0, 0.1) is 0 Å². The minimum Gasteiger partial charge on any atom is -0.354 e. The van der Waals surface area contributed by atoms with Crippen molar-refractivity contribution in [1.29, 1.82) is 0 Å². The van der Waals surface area contributed by atoms with Crippen molar-refractivity contribution >= 4 is 34.3 Å². The number of benzene rings is 1. The number of hydrogen-bond acceptors (Lipinski definition) is 10. The minimum absolute atomic E-state index is 0.206. The highest BCUT2D eigenvalue weighted by molar-refractivity contribution is 6.07. The first-order valence-corrected chi connectivity index (χ1v) is 13.2. The van der Waals surface area contributed by atoms with Crippen LogP contribution in [-0.2, 0) is 4.79 Å². The third-order valence-electron chi connectivity index (χ3n) is 7.91. The van der Waals surface area contributed by atoms with Crippen molar-refractivity contribution in [3.8, 4) is 11.4 Å². The monoisotopic (exact) mass is 528 g/mol. The Morgan fingerprint density at radius 1 is 1.18 bits per heavy atom. The molecule has 1 amide bonds. The van der Waals surface area contributed by atoms with Gasteiger partial charge in [-0.2, -0.15) is 5.10 Å². The fourth-order valence-corrected chi connectivity index (χ4v) is 5.58. The van der Waals surface area contributed by atoms with E-state index in [0.29, 0.717) is 28.9 Å². The van der Waals surface area contributed by atoms with E-state index in [1.807, 2.05) is 50.1 Å². The van der Waals surface area contributed by atoms with Crippen LogP contribution in [0.25, 0.3) is 22.3 Å². The number of anilines is 3. The van der Waals surface area contributed by atoms with E-state index >= 15 is 0 Å². The van der Waals surface area contributed by atoms with E-state index in [2.05, 4.69) is 64.7 Å². The van der Waals surface area contributed by atoms with Crippen molar-refractivity contribution in [2.45, 2.75) is 39.8 Å². The molecule has 13 heteroatoms. The second-order valence-corrected chi connectivity index (χ2v) is 10.1. The van der Waals surface area contributed by atoms with E-state index in [1.165, 1.54) is 0 Å². The van der Waals surface area contributed by atoms with Gasteiger partial charge < -0.3 is 15.1 Å². The first-order valence-electron chi connectivity index (χ1n) is 13.2. The summed E-state index contributed by atoms with van der Waals surface area (Å²) >= 11 is 0. The van der Waals surface area contributed by atoms with Crippen LogP contribution in [0.5, 0.6) is 0 Å². The number of nitrogens with one attached hydrogen (secondary N) is 2. The van der Waals surface area contributed by atoms with Crippen molar-refractivity contribution in [1.82, 2.24) is 45.3 Å². The van der Waals surface area contributed by atoms with Crippen LogP contribution in [0.3, 0.4) is 0 Å². The van der Waals surface area contributed by atoms with Crippen molar-refractivity contribution in [3.63, 3.8) is 0 Å². The standard InChI is InChI=1S/C26H32N12O/c1-6-36-9-10-37(13-15(36)2)22-12-21(27-14-28-22)24-19-11-18(7-8-20(19)30-31-24)29-25(39)23-16(3)35(5)26-32-33-34-38(26)17(23)4/h7-8,11-12,14-15,17H,6,9-10,13H2,1-5H3,(H,29,39)(H,30,31)/t15-,17-/m0/s1. The zero-order chi connectivity index (χ0) is 27.3. The largest absolute Gasteiger partial charge is 0.354 e. The van der Waals surface area contributed by atoms with Crippen LogP contribution in [0.2, 0.25) is 0 Å². The third kappa shape index (κ3) is 4.28. The molecule has 2 aliphatic rings. The Bertz CT molecular complexity index is 1570. The van der Waals surface area contributed by atoms with Gasteiger partial charge in [0.15, 0.2) is 0 Å². The summed E-state index contributed by atoms with van der Waals surface area (Å²) in [5.74, 6) is 1.29. The van der Waals surface area contributed by atoms with Crippen LogP contribution >= 0.6 is 0 Å². The predicted octanol–water partition coefficient (Wildman–Crippen LogP) is 2.46. The number of hydrogen-bond donors (Lipinski definition) is 2. The number of piperazine rings is 1. The predicted molar refractivity (Wildman–Crippen MR) is 148 cm³/mol. The molecule has 0 saturated carbocycles. The van der Waals surface area contributed by atoms with Crippen molar-refractivity contribution in [3.05, 3.63) is 41.9 Å². The second-order valence-electron chi connectivity index (χ2n) is 10.1. The van der Waals surface area contributed by atoms with Gasteiger partial charge in [-0.1, -0.05) is 12.0 Å². The number of H-pyrrole nitrogens is 1. The summed E-state index contributed by atoms with van der Waals surface area (Å²) in [5.41, 5.74) is 4.36.